The van der Waals surface area contributed by atoms with Crippen molar-refractivity contribution in [1.29, 1.82) is 0 Å². The van der Waals surface area contributed by atoms with Gasteiger partial charge in [0.25, 0.3) is 0 Å². The number of hydrogen-bond donors (Lipinski definition) is 0. The minimum atomic E-state index is -3.57. The van der Waals surface area contributed by atoms with Crippen molar-refractivity contribution in [1.82, 2.24) is 14.1 Å². The molecule has 0 aromatic heterocycles. The molecule has 3 aliphatic rings. The highest BCUT2D eigenvalue weighted by atomic mass is 32.2. The molecule has 36 heavy (non-hydrogen) atoms. The molecule has 2 aromatic carbocycles. The number of piperazine rings is 1. The van der Waals surface area contributed by atoms with E-state index < -0.39 is 10.0 Å². The average molecular weight is 514 g/mol. The molecule has 3 aliphatic heterocycles. The van der Waals surface area contributed by atoms with Crippen molar-refractivity contribution in [3.63, 3.8) is 0 Å². The maximum absolute atomic E-state index is 13.4. The van der Waals surface area contributed by atoms with Crippen molar-refractivity contribution in [2.24, 2.45) is 5.92 Å². The Morgan fingerprint density at radius 3 is 2.19 bits per heavy atom. The van der Waals surface area contributed by atoms with Crippen LogP contribution in [-0.4, -0.2) is 74.5 Å². The van der Waals surface area contributed by atoms with E-state index in [1.54, 1.807) is 4.31 Å². The van der Waals surface area contributed by atoms with E-state index in [9.17, 15) is 13.2 Å². The average Bonchev–Trinajstić information content (AvgIpc) is 3.31. The molecule has 0 aliphatic carbocycles. The van der Waals surface area contributed by atoms with Gasteiger partial charge in [-0.25, -0.2) is 8.42 Å². The first-order valence-corrected chi connectivity index (χ1v) is 14.1. The molecule has 0 saturated carbocycles. The standard InChI is InChI=1S/C27H35N3O5S/c1-19-14-20(2)26(21(3)15-19)36(32,33)30-8-6-23(7-9-30)27(31)29-12-10-28(11-13-29)17-22-4-5-24-25(16-22)35-18-34-24/h4-5,14-16,23H,6-13,17-18H2,1-3H3. The minimum Gasteiger partial charge on any atom is -0.454 e. The number of carbonyl (C=O) groups excluding carboxylic acids is 1. The molecular formula is C27H35N3O5S. The van der Waals surface area contributed by atoms with Gasteiger partial charge in [0.2, 0.25) is 22.7 Å². The Hall–Kier alpha value is -2.62. The van der Waals surface area contributed by atoms with Gasteiger partial charge in [0, 0.05) is 51.7 Å². The number of amides is 1. The van der Waals surface area contributed by atoms with Crippen LogP contribution >= 0.6 is 0 Å². The smallest absolute Gasteiger partial charge is 0.243 e. The zero-order valence-corrected chi connectivity index (χ0v) is 22.1. The Labute approximate surface area is 213 Å². The third kappa shape index (κ3) is 4.96. The summed E-state index contributed by atoms with van der Waals surface area (Å²) in [5.41, 5.74) is 3.80. The maximum atomic E-state index is 13.4. The van der Waals surface area contributed by atoms with Crippen LogP contribution in [0.5, 0.6) is 11.5 Å². The number of hydrogen-bond acceptors (Lipinski definition) is 6. The topological polar surface area (TPSA) is 79.4 Å². The fraction of sp³-hybridized carbons (Fsp3) is 0.519. The lowest BCUT2D eigenvalue weighted by Crippen LogP contribution is -2.51. The van der Waals surface area contributed by atoms with Gasteiger partial charge >= 0.3 is 0 Å². The lowest BCUT2D eigenvalue weighted by atomic mass is 9.96. The lowest BCUT2D eigenvalue weighted by Gasteiger charge is -2.38. The predicted octanol–water partition coefficient (Wildman–Crippen LogP) is 3.09. The number of rotatable bonds is 5. The van der Waals surface area contributed by atoms with Crippen LogP contribution in [0.4, 0.5) is 0 Å². The van der Waals surface area contributed by atoms with Crippen LogP contribution in [-0.2, 0) is 21.4 Å². The number of sulfonamides is 1. The maximum Gasteiger partial charge on any atom is 0.243 e. The van der Waals surface area contributed by atoms with Crippen molar-refractivity contribution in [3.8, 4) is 11.5 Å². The summed E-state index contributed by atoms with van der Waals surface area (Å²) in [6.07, 6.45) is 1.14. The van der Waals surface area contributed by atoms with Crippen molar-refractivity contribution >= 4 is 15.9 Å². The van der Waals surface area contributed by atoms with Crippen molar-refractivity contribution in [2.75, 3.05) is 46.1 Å². The number of piperidine rings is 1. The molecular weight excluding hydrogens is 478 g/mol. The summed E-state index contributed by atoms with van der Waals surface area (Å²) in [6, 6.07) is 9.88. The van der Waals surface area contributed by atoms with E-state index in [2.05, 4.69) is 11.0 Å². The van der Waals surface area contributed by atoms with Crippen molar-refractivity contribution in [3.05, 3.63) is 52.6 Å². The van der Waals surface area contributed by atoms with Gasteiger partial charge in [0.1, 0.15) is 0 Å². The van der Waals surface area contributed by atoms with Gasteiger partial charge in [-0.05, 0) is 62.4 Å². The number of benzene rings is 2. The van der Waals surface area contributed by atoms with Crippen LogP contribution in [0.25, 0.3) is 0 Å². The summed E-state index contributed by atoms with van der Waals surface area (Å²) in [4.78, 5) is 17.9. The van der Waals surface area contributed by atoms with Crippen LogP contribution in [0.3, 0.4) is 0 Å². The van der Waals surface area contributed by atoms with E-state index in [4.69, 9.17) is 9.47 Å². The third-order valence-corrected chi connectivity index (χ3v) is 9.74. The first kappa shape index (κ1) is 25.0. The SMILES string of the molecule is Cc1cc(C)c(S(=O)(=O)N2CCC(C(=O)N3CCN(Cc4ccc5c(c4)OCO5)CC3)CC2)c(C)c1. The third-order valence-electron chi connectivity index (χ3n) is 7.53. The van der Waals surface area contributed by atoms with Gasteiger partial charge in [-0.3, -0.25) is 9.69 Å². The van der Waals surface area contributed by atoms with Gasteiger partial charge in [-0.2, -0.15) is 4.31 Å². The van der Waals surface area contributed by atoms with E-state index in [0.29, 0.717) is 43.9 Å². The summed E-state index contributed by atoms with van der Waals surface area (Å²) < 4.78 is 39.2. The van der Waals surface area contributed by atoms with Gasteiger partial charge in [0.15, 0.2) is 11.5 Å². The number of carbonyl (C=O) groups is 1. The molecule has 9 heteroatoms. The van der Waals surface area contributed by atoms with Crippen LogP contribution in [0.2, 0.25) is 0 Å². The number of aryl methyl sites for hydroxylation is 3. The largest absolute Gasteiger partial charge is 0.454 e. The monoisotopic (exact) mass is 513 g/mol. The molecule has 2 fully saturated rings. The molecule has 0 spiro atoms. The normalized spacial score (nSPS) is 19.6. The molecule has 1 amide bonds. The zero-order valence-electron chi connectivity index (χ0n) is 21.3. The van der Waals surface area contributed by atoms with E-state index in [1.165, 1.54) is 5.56 Å². The second kappa shape index (κ2) is 10.0. The van der Waals surface area contributed by atoms with E-state index in [1.807, 2.05) is 49.9 Å². The van der Waals surface area contributed by atoms with Crippen LogP contribution in [0.15, 0.2) is 35.2 Å². The second-order valence-corrected chi connectivity index (χ2v) is 12.1. The molecule has 8 nitrogen and oxygen atoms in total. The fourth-order valence-electron chi connectivity index (χ4n) is 5.73. The highest BCUT2D eigenvalue weighted by molar-refractivity contribution is 7.89. The Bertz CT molecular complexity index is 1220. The van der Waals surface area contributed by atoms with Gasteiger partial charge in [0.05, 0.1) is 4.90 Å². The molecule has 0 radical (unpaired) electrons. The van der Waals surface area contributed by atoms with Crippen LogP contribution in [0, 0.1) is 26.7 Å². The van der Waals surface area contributed by atoms with E-state index >= 15 is 0 Å². The van der Waals surface area contributed by atoms with Crippen LogP contribution < -0.4 is 9.47 Å². The van der Waals surface area contributed by atoms with Gasteiger partial charge in [-0.1, -0.05) is 23.8 Å². The first-order valence-electron chi connectivity index (χ1n) is 12.7. The summed E-state index contributed by atoms with van der Waals surface area (Å²) >= 11 is 0. The quantitative estimate of drug-likeness (QED) is 0.612. The minimum absolute atomic E-state index is 0.114. The highest BCUT2D eigenvalue weighted by Gasteiger charge is 2.35. The molecule has 0 atom stereocenters. The molecule has 194 valence electrons. The molecule has 5 rings (SSSR count). The molecule has 2 saturated heterocycles. The lowest BCUT2D eigenvalue weighted by molar-refractivity contribution is -0.138. The van der Waals surface area contributed by atoms with Crippen molar-refractivity contribution < 1.29 is 22.7 Å². The zero-order chi connectivity index (χ0) is 25.4. The van der Waals surface area contributed by atoms with E-state index in [-0.39, 0.29) is 18.6 Å². The second-order valence-electron chi connectivity index (χ2n) is 10.2. The van der Waals surface area contributed by atoms with Crippen LogP contribution in [0.1, 0.15) is 35.1 Å². The first-order chi connectivity index (χ1) is 17.2. The van der Waals surface area contributed by atoms with E-state index in [0.717, 1.165) is 47.8 Å². The highest BCUT2D eigenvalue weighted by Crippen LogP contribution is 2.33. The Morgan fingerprint density at radius 2 is 1.53 bits per heavy atom. The summed E-state index contributed by atoms with van der Waals surface area (Å²) in [7, 11) is -3.57. The summed E-state index contributed by atoms with van der Waals surface area (Å²) in [5.74, 6) is 1.63. The Balaban J connectivity index is 1.13. The summed E-state index contributed by atoms with van der Waals surface area (Å²) in [6.45, 7) is 10.6. The Morgan fingerprint density at radius 1 is 0.889 bits per heavy atom. The number of fused-ring (bicyclic) bond motifs is 1. The summed E-state index contributed by atoms with van der Waals surface area (Å²) in [5, 5.41) is 0. The Kier molecular flexibility index (Phi) is 6.98. The fourth-order valence-corrected chi connectivity index (χ4v) is 7.61. The number of ether oxygens (including phenoxy) is 2. The predicted molar refractivity (Wildman–Crippen MR) is 137 cm³/mol. The van der Waals surface area contributed by atoms with Gasteiger partial charge < -0.3 is 14.4 Å². The molecule has 0 bridgehead atoms. The number of nitrogens with zero attached hydrogens (tertiary/aromatic N) is 3. The van der Waals surface area contributed by atoms with Crippen molar-refractivity contribution in [2.45, 2.75) is 45.1 Å². The van der Waals surface area contributed by atoms with Gasteiger partial charge in [-0.15, -0.1) is 0 Å². The molecule has 0 N–H and O–H groups in total. The molecule has 3 heterocycles. The molecule has 2 aromatic rings. The molecule has 0 unspecified atom stereocenters.